The van der Waals surface area contributed by atoms with E-state index >= 15 is 0 Å². The zero-order valence-electron chi connectivity index (χ0n) is 13.2. The van der Waals surface area contributed by atoms with E-state index < -0.39 is 17.5 Å². The number of fused-ring (bicyclic) bond motifs is 1. The van der Waals surface area contributed by atoms with E-state index in [4.69, 9.17) is 4.74 Å². The van der Waals surface area contributed by atoms with Gasteiger partial charge in [0.15, 0.2) is 6.10 Å². The van der Waals surface area contributed by atoms with Crippen molar-refractivity contribution < 1.29 is 19.4 Å². The Labute approximate surface area is 129 Å². The van der Waals surface area contributed by atoms with Gasteiger partial charge in [-0.1, -0.05) is 6.07 Å². The Hall–Kier alpha value is -2.04. The molecule has 0 bridgehead atoms. The molecular formula is C17H21NO4. The minimum absolute atomic E-state index is 0.100. The third-order valence-corrected chi connectivity index (χ3v) is 4.93. The molecule has 1 aromatic rings. The summed E-state index contributed by atoms with van der Waals surface area (Å²) in [6.07, 6.45) is 0.536. The summed E-state index contributed by atoms with van der Waals surface area (Å²) in [6, 6.07) is 4.05. The van der Waals surface area contributed by atoms with Crippen molar-refractivity contribution in [3.05, 3.63) is 28.8 Å². The highest BCUT2D eigenvalue weighted by Crippen LogP contribution is 2.35. The average Bonchev–Trinajstić information content (AvgIpc) is 3.03. The third kappa shape index (κ3) is 2.34. The molecule has 2 aliphatic heterocycles. The lowest BCUT2D eigenvalue weighted by atomic mass is 9.90. The number of hydrogen-bond acceptors (Lipinski definition) is 3. The number of likely N-dealkylation sites (tertiary alicyclic amines) is 1. The van der Waals surface area contributed by atoms with E-state index in [1.54, 1.807) is 11.8 Å². The largest absolute Gasteiger partial charge is 0.481 e. The summed E-state index contributed by atoms with van der Waals surface area (Å²) < 4.78 is 5.81. The summed E-state index contributed by atoms with van der Waals surface area (Å²) in [5.74, 6) is -0.164. The van der Waals surface area contributed by atoms with Crippen molar-refractivity contribution in [1.29, 1.82) is 0 Å². The van der Waals surface area contributed by atoms with Crippen LogP contribution in [0.3, 0.4) is 0 Å². The minimum Gasteiger partial charge on any atom is -0.481 e. The molecule has 0 aliphatic carbocycles. The molecule has 1 amide bonds. The molecule has 1 aromatic carbocycles. The van der Waals surface area contributed by atoms with Crippen LogP contribution in [-0.4, -0.2) is 41.1 Å². The Morgan fingerprint density at radius 3 is 2.64 bits per heavy atom. The van der Waals surface area contributed by atoms with Crippen LogP contribution in [0.25, 0.3) is 0 Å². The second-order valence-electron chi connectivity index (χ2n) is 6.73. The van der Waals surface area contributed by atoms with Crippen molar-refractivity contribution in [2.24, 2.45) is 5.41 Å². The summed E-state index contributed by atoms with van der Waals surface area (Å²) in [4.78, 5) is 25.5. The molecule has 118 valence electrons. The van der Waals surface area contributed by atoms with Crippen LogP contribution in [0, 0.1) is 19.3 Å². The fraction of sp³-hybridized carbons (Fsp3) is 0.529. The van der Waals surface area contributed by atoms with Crippen LogP contribution < -0.4 is 4.74 Å². The first-order chi connectivity index (χ1) is 10.3. The molecule has 1 fully saturated rings. The first-order valence-electron chi connectivity index (χ1n) is 7.59. The zero-order valence-corrected chi connectivity index (χ0v) is 13.2. The van der Waals surface area contributed by atoms with Gasteiger partial charge in [-0.3, -0.25) is 9.59 Å². The van der Waals surface area contributed by atoms with Crippen molar-refractivity contribution >= 4 is 11.9 Å². The average molecular weight is 303 g/mol. The van der Waals surface area contributed by atoms with Crippen LogP contribution in [0.1, 0.15) is 30.0 Å². The van der Waals surface area contributed by atoms with Crippen molar-refractivity contribution in [3.8, 4) is 5.75 Å². The first-order valence-corrected chi connectivity index (χ1v) is 7.59. The summed E-state index contributed by atoms with van der Waals surface area (Å²) in [5, 5.41) is 9.27. The Morgan fingerprint density at radius 2 is 2.00 bits per heavy atom. The molecular weight excluding hydrogens is 282 g/mol. The van der Waals surface area contributed by atoms with Gasteiger partial charge in [-0.2, -0.15) is 0 Å². The van der Waals surface area contributed by atoms with E-state index in [0.29, 0.717) is 19.4 Å². The number of aryl methyl sites for hydroxylation is 2. The van der Waals surface area contributed by atoms with Crippen molar-refractivity contribution in [1.82, 2.24) is 4.90 Å². The molecule has 0 saturated carbocycles. The predicted octanol–water partition coefficient (Wildman–Crippen LogP) is 1.93. The van der Waals surface area contributed by atoms with Crippen LogP contribution in [0.2, 0.25) is 0 Å². The topological polar surface area (TPSA) is 66.8 Å². The number of ether oxygens (including phenoxy) is 1. The molecule has 1 N–H and O–H groups in total. The van der Waals surface area contributed by atoms with Gasteiger partial charge in [0.05, 0.1) is 5.41 Å². The summed E-state index contributed by atoms with van der Waals surface area (Å²) in [6.45, 7) is 6.50. The monoisotopic (exact) mass is 303 g/mol. The molecule has 5 nitrogen and oxygen atoms in total. The molecule has 2 heterocycles. The minimum atomic E-state index is -0.843. The Balaban J connectivity index is 1.72. The predicted molar refractivity (Wildman–Crippen MR) is 81.0 cm³/mol. The van der Waals surface area contributed by atoms with Crippen molar-refractivity contribution in [3.63, 3.8) is 0 Å². The van der Waals surface area contributed by atoms with E-state index in [9.17, 15) is 14.7 Å². The van der Waals surface area contributed by atoms with E-state index in [1.165, 1.54) is 5.56 Å². The summed E-state index contributed by atoms with van der Waals surface area (Å²) >= 11 is 0. The molecule has 1 saturated heterocycles. The van der Waals surface area contributed by atoms with Gasteiger partial charge in [0.2, 0.25) is 0 Å². The van der Waals surface area contributed by atoms with Gasteiger partial charge in [0.1, 0.15) is 5.75 Å². The number of nitrogens with zero attached hydrogens (tertiary/aromatic N) is 1. The second-order valence-corrected chi connectivity index (χ2v) is 6.73. The fourth-order valence-corrected chi connectivity index (χ4v) is 3.18. The van der Waals surface area contributed by atoms with Gasteiger partial charge in [0, 0.05) is 19.5 Å². The van der Waals surface area contributed by atoms with Gasteiger partial charge >= 0.3 is 5.97 Å². The first kappa shape index (κ1) is 14.9. The maximum absolute atomic E-state index is 12.6. The molecule has 2 unspecified atom stereocenters. The highest BCUT2D eigenvalue weighted by atomic mass is 16.5. The number of carboxylic acid groups (broad SMARTS) is 1. The number of amides is 1. The van der Waals surface area contributed by atoms with Crippen LogP contribution in [-0.2, 0) is 16.0 Å². The standard InChI is InChI=1S/C17H21NO4/c1-10-6-12-8-14(22-13(12)7-11(10)2)15(19)18-5-4-17(3,9-18)16(20)21/h6-7,14H,4-5,8-9H2,1-3H3,(H,20,21). The number of rotatable bonds is 2. The third-order valence-electron chi connectivity index (χ3n) is 4.93. The Bertz CT molecular complexity index is 623. The number of carbonyl (C=O) groups is 2. The SMILES string of the molecule is Cc1cc2c(cc1C)OC(C(=O)N1CCC(C)(C(=O)O)C1)C2. The lowest BCUT2D eigenvalue weighted by Gasteiger charge is -2.22. The van der Waals surface area contributed by atoms with Gasteiger partial charge in [-0.25, -0.2) is 0 Å². The molecule has 5 heteroatoms. The quantitative estimate of drug-likeness (QED) is 0.906. The molecule has 0 spiro atoms. The van der Waals surface area contributed by atoms with E-state index in [-0.39, 0.29) is 12.5 Å². The Morgan fingerprint density at radius 1 is 1.32 bits per heavy atom. The number of carbonyl (C=O) groups excluding carboxylic acids is 1. The number of hydrogen-bond donors (Lipinski definition) is 1. The molecule has 3 rings (SSSR count). The second kappa shape index (κ2) is 5.00. The van der Waals surface area contributed by atoms with Gasteiger partial charge in [-0.15, -0.1) is 0 Å². The van der Waals surface area contributed by atoms with Crippen molar-refractivity contribution in [2.45, 2.75) is 39.7 Å². The highest BCUT2D eigenvalue weighted by molar-refractivity contribution is 5.84. The van der Waals surface area contributed by atoms with Gasteiger partial charge < -0.3 is 14.7 Å². The molecule has 2 atom stereocenters. The molecule has 22 heavy (non-hydrogen) atoms. The maximum atomic E-state index is 12.6. The maximum Gasteiger partial charge on any atom is 0.311 e. The molecule has 0 radical (unpaired) electrons. The lowest BCUT2D eigenvalue weighted by Crippen LogP contribution is -2.42. The van der Waals surface area contributed by atoms with Crippen LogP contribution >= 0.6 is 0 Å². The molecule has 0 aromatic heterocycles. The summed E-state index contributed by atoms with van der Waals surface area (Å²) in [7, 11) is 0. The van der Waals surface area contributed by atoms with Gasteiger partial charge in [-0.05, 0) is 49.9 Å². The zero-order chi connectivity index (χ0) is 16.1. The highest BCUT2D eigenvalue weighted by Gasteiger charge is 2.44. The van der Waals surface area contributed by atoms with Crippen LogP contribution in [0.5, 0.6) is 5.75 Å². The van der Waals surface area contributed by atoms with E-state index in [1.807, 2.05) is 19.9 Å². The lowest BCUT2D eigenvalue weighted by molar-refractivity contribution is -0.147. The number of carboxylic acids is 1. The van der Waals surface area contributed by atoms with Gasteiger partial charge in [0.25, 0.3) is 5.91 Å². The number of benzene rings is 1. The summed E-state index contributed by atoms with van der Waals surface area (Å²) in [5.41, 5.74) is 2.55. The van der Waals surface area contributed by atoms with Crippen LogP contribution in [0.15, 0.2) is 12.1 Å². The number of aliphatic carboxylic acids is 1. The van der Waals surface area contributed by atoms with Crippen molar-refractivity contribution in [2.75, 3.05) is 13.1 Å². The molecule has 2 aliphatic rings. The Kier molecular flexibility index (Phi) is 3.38. The van der Waals surface area contributed by atoms with E-state index in [0.717, 1.165) is 16.9 Å². The smallest absolute Gasteiger partial charge is 0.311 e. The normalized spacial score (nSPS) is 26.7. The van der Waals surface area contributed by atoms with E-state index in [2.05, 4.69) is 6.07 Å². The fourth-order valence-electron chi connectivity index (χ4n) is 3.18. The van der Waals surface area contributed by atoms with Crippen LogP contribution in [0.4, 0.5) is 0 Å².